The van der Waals surface area contributed by atoms with Crippen molar-refractivity contribution >= 4 is 46.7 Å². The van der Waals surface area contributed by atoms with Gasteiger partial charge in [0.1, 0.15) is 0 Å². The summed E-state index contributed by atoms with van der Waals surface area (Å²) in [5.41, 5.74) is 0.425. The van der Waals surface area contributed by atoms with Crippen molar-refractivity contribution in [3.8, 4) is 0 Å². The Kier molecular flexibility index (Phi) is 6.01. The molecule has 0 aliphatic heterocycles. The number of amides is 1. The largest absolute Gasteiger partial charge is 0.465 e. The van der Waals surface area contributed by atoms with Crippen molar-refractivity contribution in [3.05, 3.63) is 63.1 Å². The lowest BCUT2D eigenvalue weighted by Crippen LogP contribution is -2.17. The Hall–Kier alpha value is -2.57. The van der Waals surface area contributed by atoms with Gasteiger partial charge in [-0.25, -0.2) is 9.59 Å². The van der Waals surface area contributed by atoms with Crippen LogP contribution in [0.25, 0.3) is 0 Å². The average Bonchev–Trinajstić information content (AvgIpc) is 2.62. The molecule has 2 aromatic carbocycles. The molecule has 25 heavy (non-hydrogen) atoms. The van der Waals surface area contributed by atoms with Crippen molar-refractivity contribution in [1.82, 2.24) is 0 Å². The van der Waals surface area contributed by atoms with E-state index in [0.29, 0.717) is 0 Å². The van der Waals surface area contributed by atoms with Crippen molar-refractivity contribution in [2.75, 3.05) is 19.5 Å². The van der Waals surface area contributed by atoms with Crippen molar-refractivity contribution < 1.29 is 23.9 Å². The van der Waals surface area contributed by atoms with Crippen molar-refractivity contribution in [3.63, 3.8) is 0 Å². The molecule has 0 aromatic heterocycles. The molecule has 8 heteroatoms. The first kappa shape index (κ1) is 18.8. The highest BCUT2D eigenvalue weighted by Gasteiger charge is 2.19. The summed E-state index contributed by atoms with van der Waals surface area (Å²) in [6.45, 7) is 0. The molecule has 0 fully saturated rings. The van der Waals surface area contributed by atoms with Crippen LogP contribution >= 0.6 is 23.2 Å². The molecule has 130 valence electrons. The Balaban J connectivity index is 2.45. The first-order valence-corrected chi connectivity index (χ1v) is 7.70. The zero-order valence-corrected chi connectivity index (χ0v) is 14.8. The Morgan fingerprint density at radius 1 is 0.920 bits per heavy atom. The van der Waals surface area contributed by atoms with Gasteiger partial charge in [-0.3, -0.25) is 4.79 Å². The van der Waals surface area contributed by atoms with E-state index in [2.05, 4.69) is 14.8 Å². The molecule has 0 unspecified atom stereocenters. The fourth-order valence-electron chi connectivity index (χ4n) is 2.05. The summed E-state index contributed by atoms with van der Waals surface area (Å²) >= 11 is 11.9. The van der Waals surface area contributed by atoms with Crippen LogP contribution in [0.5, 0.6) is 0 Å². The predicted octanol–water partition coefficient (Wildman–Crippen LogP) is 3.82. The molecule has 0 saturated carbocycles. The highest BCUT2D eigenvalue weighted by molar-refractivity contribution is 6.44. The Morgan fingerprint density at radius 2 is 1.60 bits per heavy atom. The minimum atomic E-state index is -0.677. The maximum absolute atomic E-state index is 12.5. The summed E-state index contributed by atoms with van der Waals surface area (Å²) in [6.07, 6.45) is 0. The number of rotatable bonds is 4. The number of hydrogen-bond acceptors (Lipinski definition) is 5. The maximum Gasteiger partial charge on any atom is 0.339 e. The van der Waals surface area contributed by atoms with Crippen LogP contribution < -0.4 is 5.32 Å². The van der Waals surface area contributed by atoms with Crippen LogP contribution in [-0.2, 0) is 9.47 Å². The van der Waals surface area contributed by atoms with E-state index in [0.717, 1.165) is 0 Å². The van der Waals surface area contributed by atoms with Crippen LogP contribution in [0.4, 0.5) is 5.69 Å². The minimum absolute atomic E-state index is 0.0710. The van der Waals surface area contributed by atoms with Crippen LogP contribution in [0.2, 0.25) is 10.0 Å². The Labute approximate surface area is 153 Å². The van der Waals surface area contributed by atoms with Crippen molar-refractivity contribution in [1.29, 1.82) is 0 Å². The SMILES string of the molecule is COC(=O)c1ccc(C(=O)OC)c(NC(=O)c2cccc(Cl)c2Cl)c1. The minimum Gasteiger partial charge on any atom is -0.465 e. The molecule has 0 spiro atoms. The highest BCUT2D eigenvalue weighted by Crippen LogP contribution is 2.27. The zero-order valence-electron chi connectivity index (χ0n) is 13.3. The standard InChI is InChI=1S/C17H13Cl2NO5/c1-24-16(22)9-6-7-10(17(23)25-2)13(8-9)20-15(21)11-4-3-5-12(18)14(11)19/h3-8H,1-2H3,(H,20,21). The molecule has 0 atom stereocenters. The molecule has 1 N–H and O–H groups in total. The highest BCUT2D eigenvalue weighted by atomic mass is 35.5. The summed E-state index contributed by atoms with van der Waals surface area (Å²) < 4.78 is 9.32. The molecule has 2 rings (SSSR count). The lowest BCUT2D eigenvalue weighted by molar-refractivity contribution is 0.0587. The molecular weight excluding hydrogens is 369 g/mol. The van der Waals surface area contributed by atoms with Gasteiger partial charge in [0, 0.05) is 0 Å². The van der Waals surface area contributed by atoms with E-state index in [1.165, 1.54) is 38.5 Å². The van der Waals surface area contributed by atoms with Gasteiger partial charge in [-0.05, 0) is 30.3 Å². The van der Waals surface area contributed by atoms with Gasteiger partial charge in [-0.15, -0.1) is 0 Å². The van der Waals surface area contributed by atoms with Gasteiger partial charge in [0.2, 0.25) is 0 Å². The normalized spacial score (nSPS) is 10.1. The fourth-order valence-corrected chi connectivity index (χ4v) is 2.44. The lowest BCUT2D eigenvalue weighted by atomic mass is 10.1. The summed E-state index contributed by atoms with van der Waals surface area (Å²) in [5.74, 6) is -1.89. The number of esters is 2. The van der Waals surface area contributed by atoms with E-state index < -0.39 is 17.8 Å². The molecule has 6 nitrogen and oxygen atoms in total. The second kappa shape index (κ2) is 8.00. The molecule has 0 aliphatic rings. The number of hydrogen-bond donors (Lipinski definition) is 1. The second-order valence-corrected chi connectivity index (χ2v) is 5.58. The number of halogens is 2. The number of nitrogens with one attached hydrogen (secondary N) is 1. The summed E-state index contributed by atoms with van der Waals surface area (Å²) in [5, 5.41) is 2.83. The Bertz CT molecular complexity index is 851. The van der Waals surface area contributed by atoms with Gasteiger partial charge in [0.05, 0.1) is 46.6 Å². The zero-order chi connectivity index (χ0) is 18.6. The molecule has 2 aromatic rings. The van der Waals surface area contributed by atoms with Gasteiger partial charge in [0.15, 0.2) is 0 Å². The smallest absolute Gasteiger partial charge is 0.339 e. The molecule has 0 saturated heterocycles. The van der Waals surface area contributed by atoms with Crippen LogP contribution in [-0.4, -0.2) is 32.1 Å². The number of ether oxygens (including phenoxy) is 2. The summed E-state index contributed by atoms with van der Waals surface area (Å²) in [7, 11) is 2.43. The number of carbonyl (C=O) groups is 3. The monoisotopic (exact) mass is 381 g/mol. The van der Waals surface area contributed by atoms with E-state index in [1.54, 1.807) is 12.1 Å². The van der Waals surface area contributed by atoms with Gasteiger partial charge in [-0.2, -0.15) is 0 Å². The van der Waals surface area contributed by atoms with Crippen LogP contribution in [0.15, 0.2) is 36.4 Å². The quantitative estimate of drug-likeness (QED) is 0.814. The van der Waals surface area contributed by atoms with Crippen LogP contribution in [0.3, 0.4) is 0 Å². The maximum atomic E-state index is 12.5. The number of benzene rings is 2. The van der Waals surface area contributed by atoms with Gasteiger partial charge in [-0.1, -0.05) is 29.3 Å². The number of carbonyl (C=O) groups excluding carboxylic acids is 3. The van der Waals surface area contributed by atoms with E-state index in [1.807, 2.05) is 0 Å². The molecular formula is C17H13Cl2NO5. The van der Waals surface area contributed by atoms with E-state index in [4.69, 9.17) is 23.2 Å². The first-order chi connectivity index (χ1) is 11.9. The van der Waals surface area contributed by atoms with Gasteiger partial charge >= 0.3 is 11.9 Å². The number of methoxy groups -OCH3 is 2. The van der Waals surface area contributed by atoms with Crippen molar-refractivity contribution in [2.24, 2.45) is 0 Å². The first-order valence-electron chi connectivity index (χ1n) is 6.95. The van der Waals surface area contributed by atoms with E-state index in [-0.39, 0.29) is 32.4 Å². The van der Waals surface area contributed by atoms with E-state index in [9.17, 15) is 14.4 Å². The predicted molar refractivity (Wildman–Crippen MR) is 93.5 cm³/mol. The lowest BCUT2D eigenvalue weighted by Gasteiger charge is -2.12. The van der Waals surface area contributed by atoms with Crippen LogP contribution in [0, 0.1) is 0 Å². The van der Waals surface area contributed by atoms with Gasteiger partial charge < -0.3 is 14.8 Å². The molecule has 0 radical (unpaired) electrons. The number of anilines is 1. The second-order valence-electron chi connectivity index (χ2n) is 4.80. The molecule has 0 bridgehead atoms. The average molecular weight is 382 g/mol. The summed E-state index contributed by atoms with van der Waals surface area (Å²) in [4.78, 5) is 36.0. The molecule has 0 heterocycles. The Morgan fingerprint density at radius 3 is 2.24 bits per heavy atom. The van der Waals surface area contributed by atoms with Crippen molar-refractivity contribution in [2.45, 2.75) is 0 Å². The topological polar surface area (TPSA) is 81.7 Å². The molecule has 0 aliphatic carbocycles. The van der Waals surface area contributed by atoms with E-state index >= 15 is 0 Å². The van der Waals surface area contributed by atoms with Gasteiger partial charge in [0.25, 0.3) is 5.91 Å². The fraction of sp³-hybridized carbons (Fsp3) is 0.118. The molecule has 1 amide bonds. The van der Waals surface area contributed by atoms with Crippen LogP contribution in [0.1, 0.15) is 31.1 Å². The third-order valence-electron chi connectivity index (χ3n) is 3.29. The third-order valence-corrected chi connectivity index (χ3v) is 4.11. The third kappa shape index (κ3) is 4.10. The summed E-state index contributed by atoms with van der Waals surface area (Å²) in [6, 6.07) is 8.64.